The van der Waals surface area contributed by atoms with E-state index in [0.29, 0.717) is 24.8 Å². The fraction of sp³-hybridized carbons (Fsp3) is 0.500. The minimum Gasteiger partial charge on any atom is -0.465 e. The van der Waals surface area contributed by atoms with Gasteiger partial charge in [-0.25, -0.2) is 4.79 Å². The summed E-state index contributed by atoms with van der Waals surface area (Å²) in [5.74, 6) is -1.27. The average molecular weight is 301 g/mol. The molecule has 20 heavy (non-hydrogen) atoms. The van der Waals surface area contributed by atoms with Crippen molar-refractivity contribution in [2.45, 2.75) is 13.3 Å². The van der Waals surface area contributed by atoms with E-state index in [2.05, 4.69) is 10.1 Å². The lowest BCUT2D eigenvalue weighted by Gasteiger charge is -2.06. The van der Waals surface area contributed by atoms with Crippen molar-refractivity contribution in [3.63, 3.8) is 0 Å². The quantitative estimate of drug-likeness (QED) is 0.488. The van der Waals surface area contributed by atoms with Gasteiger partial charge in [-0.15, -0.1) is 11.3 Å². The summed E-state index contributed by atoms with van der Waals surface area (Å²) in [4.78, 5) is 23.1. The zero-order valence-corrected chi connectivity index (χ0v) is 12.3. The summed E-state index contributed by atoms with van der Waals surface area (Å²) < 4.78 is 9.88. The molecule has 0 unspecified atom stereocenters. The maximum atomic E-state index is 11.7. The highest BCUT2D eigenvalue weighted by molar-refractivity contribution is 7.19. The number of primary amides is 1. The maximum Gasteiger partial charge on any atom is 0.343 e. The Bertz CT molecular complexity index is 487. The van der Waals surface area contributed by atoms with E-state index in [1.165, 1.54) is 7.11 Å². The summed E-state index contributed by atoms with van der Waals surface area (Å²) in [5, 5.41) is 3.54. The number of nitrogens with two attached hydrogens (primary N) is 2. The number of nitrogen functional groups attached to an aromatic ring is 1. The smallest absolute Gasteiger partial charge is 0.343 e. The molecule has 1 amide bonds. The topological polar surface area (TPSA) is 117 Å². The minimum atomic E-state index is -0.667. The SMILES string of the molecule is CCOCCCNc1sc(C(N)=O)c(N)c1C(=O)OC. The Labute approximate surface area is 121 Å². The predicted molar refractivity (Wildman–Crippen MR) is 78.2 cm³/mol. The molecule has 1 rings (SSSR count). The summed E-state index contributed by atoms with van der Waals surface area (Å²) in [6.07, 6.45) is 0.762. The van der Waals surface area contributed by atoms with E-state index >= 15 is 0 Å². The van der Waals surface area contributed by atoms with Crippen LogP contribution in [0.4, 0.5) is 10.7 Å². The highest BCUT2D eigenvalue weighted by Crippen LogP contribution is 2.35. The number of anilines is 2. The molecule has 0 fully saturated rings. The summed E-state index contributed by atoms with van der Waals surface area (Å²) in [7, 11) is 1.25. The number of amides is 1. The van der Waals surface area contributed by atoms with Gasteiger partial charge < -0.3 is 26.3 Å². The molecular weight excluding hydrogens is 282 g/mol. The van der Waals surface area contributed by atoms with Gasteiger partial charge in [-0.3, -0.25) is 4.79 Å². The number of rotatable bonds is 8. The number of carbonyl (C=O) groups is 2. The van der Waals surface area contributed by atoms with E-state index in [-0.39, 0.29) is 16.1 Å². The first-order valence-electron chi connectivity index (χ1n) is 6.14. The zero-order valence-electron chi connectivity index (χ0n) is 11.5. The average Bonchev–Trinajstić information content (AvgIpc) is 2.75. The number of thiophene rings is 1. The molecular formula is C12H19N3O4S. The van der Waals surface area contributed by atoms with Gasteiger partial charge in [0.2, 0.25) is 0 Å². The normalized spacial score (nSPS) is 10.3. The first-order chi connectivity index (χ1) is 9.52. The van der Waals surface area contributed by atoms with Gasteiger partial charge in [-0.1, -0.05) is 0 Å². The molecule has 0 spiro atoms. The van der Waals surface area contributed by atoms with Gasteiger partial charge in [-0.2, -0.15) is 0 Å². The summed E-state index contributed by atoms with van der Waals surface area (Å²) in [5.41, 5.74) is 11.2. The van der Waals surface area contributed by atoms with Crippen molar-refractivity contribution in [1.82, 2.24) is 0 Å². The van der Waals surface area contributed by atoms with Crippen LogP contribution in [-0.2, 0) is 9.47 Å². The second-order valence-electron chi connectivity index (χ2n) is 3.88. The number of esters is 1. The van der Waals surface area contributed by atoms with E-state index in [1.54, 1.807) is 0 Å². The van der Waals surface area contributed by atoms with Crippen molar-refractivity contribution in [1.29, 1.82) is 0 Å². The van der Waals surface area contributed by atoms with Gasteiger partial charge in [-0.05, 0) is 13.3 Å². The van der Waals surface area contributed by atoms with Crippen molar-refractivity contribution < 1.29 is 19.1 Å². The first kappa shape index (κ1) is 16.3. The summed E-state index contributed by atoms with van der Waals surface area (Å²) in [6, 6.07) is 0. The van der Waals surface area contributed by atoms with Gasteiger partial charge in [0.15, 0.2) is 0 Å². The number of nitrogens with one attached hydrogen (secondary N) is 1. The maximum absolute atomic E-state index is 11.7. The molecule has 8 heteroatoms. The lowest BCUT2D eigenvalue weighted by Crippen LogP contribution is -2.13. The van der Waals surface area contributed by atoms with Gasteiger partial charge in [0.05, 0.1) is 12.8 Å². The standard InChI is InChI=1S/C12H19N3O4S/c1-3-19-6-4-5-15-11-7(12(17)18-2)8(13)9(20-11)10(14)16/h15H,3-6,13H2,1-2H3,(H2,14,16). The Kier molecular flexibility index (Phi) is 6.26. The van der Waals surface area contributed by atoms with Crippen LogP contribution in [0.15, 0.2) is 0 Å². The molecule has 1 aromatic heterocycles. The highest BCUT2D eigenvalue weighted by atomic mass is 32.1. The third-order valence-electron chi connectivity index (χ3n) is 2.51. The molecule has 0 saturated carbocycles. The molecule has 7 nitrogen and oxygen atoms in total. The molecule has 0 aliphatic rings. The highest BCUT2D eigenvalue weighted by Gasteiger charge is 2.24. The Balaban J connectivity index is 2.85. The van der Waals surface area contributed by atoms with Crippen LogP contribution in [0.25, 0.3) is 0 Å². The van der Waals surface area contributed by atoms with Crippen LogP contribution in [0, 0.1) is 0 Å². The molecule has 5 N–H and O–H groups in total. The van der Waals surface area contributed by atoms with E-state index in [9.17, 15) is 9.59 Å². The number of hydrogen-bond acceptors (Lipinski definition) is 7. The summed E-state index contributed by atoms with van der Waals surface area (Å²) in [6.45, 7) is 3.77. The second kappa shape index (κ2) is 7.71. The van der Waals surface area contributed by atoms with E-state index in [1.807, 2.05) is 6.92 Å². The molecule has 1 aromatic rings. The van der Waals surface area contributed by atoms with Crippen LogP contribution in [0.5, 0.6) is 0 Å². The molecule has 0 bridgehead atoms. The van der Waals surface area contributed by atoms with Crippen molar-refractivity contribution in [3.8, 4) is 0 Å². The Hall–Kier alpha value is -1.80. The van der Waals surface area contributed by atoms with Crippen LogP contribution >= 0.6 is 11.3 Å². The van der Waals surface area contributed by atoms with Crippen LogP contribution in [0.3, 0.4) is 0 Å². The van der Waals surface area contributed by atoms with Crippen molar-refractivity contribution in [2.75, 3.05) is 37.9 Å². The lowest BCUT2D eigenvalue weighted by atomic mass is 10.2. The molecule has 112 valence electrons. The Morgan fingerprint density at radius 1 is 1.40 bits per heavy atom. The predicted octanol–water partition coefficient (Wildman–Crippen LogP) is 1.05. The fourth-order valence-electron chi connectivity index (χ4n) is 1.58. The van der Waals surface area contributed by atoms with Gasteiger partial charge >= 0.3 is 5.97 Å². The van der Waals surface area contributed by atoms with Gasteiger partial charge in [0.25, 0.3) is 5.91 Å². The molecule has 0 atom stereocenters. The number of carbonyl (C=O) groups excluding carboxylic acids is 2. The number of methoxy groups -OCH3 is 1. The van der Waals surface area contributed by atoms with Crippen molar-refractivity contribution >= 4 is 33.9 Å². The zero-order chi connectivity index (χ0) is 15.1. The van der Waals surface area contributed by atoms with E-state index < -0.39 is 11.9 Å². The molecule has 1 heterocycles. The molecule has 0 radical (unpaired) electrons. The second-order valence-corrected chi connectivity index (χ2v) is 4.90. The molecule has 0 aliphatic carbocycles. The lowest BCUT2D eigenvalue weighted by molar-refractivity contribution is 0.0603. The van der Waals surface area contributed by atoms with Crippen LogP contribution < -0.4 is 16.8 Å². The van der Waals surface area contributed by atoms with Gasteiger partial charge in [0, 0.05) is 19.8 Å². The minimum absolute atomic E-state index is 0.0571. The summed E-state index contributed by atoms with van der Waals surface area (Å²) >= 11 is 1.05. The molecule has 0 saturated heterocycles. The first-order valence-corrected chi connectivity index (χ1v) is 6.96. The van der Waals surface area contributed by atoms with Crippen LogP contribution in [0.1, 0.15) is 33.4 Å². The van der Waals surface area contributed by atoms with E-state index in [4.69, 9.17) is 16.2 Å². The van der Waals surface area contributed by atoms with Crippen molar-refractivity contribution in [3.05, 3.63) is 10.4 Å². The monoisotopic (exact) mass is 301 g/mol. The third kappa shape index (κ3) is 3.84. The van der Waals surface area contributed by atoms with Crippen LogP contribution in [0.2, 0.25) is 0 Å². The number of ether oxygens (including phenoxy) is 2. The number of hydrogen-bond donors (Lipinski definition) is 3. The van der Waals surface area contributed by atoms with Crippen molar-refractivity contribution in [2.24, 2.45) is 5.73 Å². The Morgan fingerprint density at radius 3 is 2.65 bits per heavy atom. The van der Waals surface area contributed by atoms with Gasteiger partial charge in [0.1, 0.15) is 15.4 Å². The molecule has 0 aromatic carbocycles. The third-order valence-corrected chi connectivity index (χ3v) is 3.69. The van der Waals surface area contributed by atoms with E-state index in [0.717, 1.165) is 17.8 Å². The fourth-order valence-corrected chi connectivity index (χ4v) is 2.56. The van der Waals surface area contributed by atoms with Crippen LogP contribution in [-0.4, -0.2) is 38.7 Å². The Morgan fingerprint density at radius 2 is 2.10 bits per heavy atom. The molecule has 0 aliphatic heterocycles. The largest absolute Gasteiger partial charge is 0.465 e.